The summed E-state index contributed by atoms with van der Waals surface area (Å²) in [6.07, 6.45) is -12.7. The number of hydrogen-bond donors (Lipinski definition) is 0. The van der Waals surface area contributed by atoms with Gasteiger partial charge in [0.2, 0.25) is 0 Å². The fraction of sp³-hybridized carbons (Fsp3) is 1.00. The Morgan fingerprint density at radius 3 is 1.70 bits per heavy atom. The zero-order valence-corrected chi connectivity index (χ0v) is 11.4. The Morgan fingerprint density at radius 2 is 1.40 bits per heavy atom. The summed E-state index contributed by atoms with van der Waals surface area (Å²) in [5, 5.41) is -6.50. The number of nitrogens with zero attached hydrogens (tertiary/aromatic N) is 3. The van der Waals surface area contributed by atoms with Crippen LogP contribution in [0.1, 0.15) is 0 Å². The van der Waals surface area contributed by atoms with Crippen LogP contribution in [0, 0.1) is 0 Å². The molecule has 0 atom stereocenters. The van der Waals surface area contributed by atoms with Crippen LogP contribution in [0.2, 0.25) is 0 Å². The molecule has 0 spiro atoms. The summed E-state index contributed by atoms with van der Waals surface area (Å²) in [7, 11) is -6.67. The van der Waals surface area contributed by atoms with E-state index in [1.54, 1.807) is 0 Å². The Morgan fingerprint density at radius 1 is 1.00 bits per heavy atom. The third kappa shape index (κ3) is 3.53. The van der Waals surface area contributed by atoms with Gasteiger partial charge in [-0.2, -0.15) is 35.1 Å². The van der Waals surface area contributed by atoms with Gasteiger partial charge in [-0.15, -0.1) is 0 Å². The molecule has 0 N–H and O–H groups in total. The van der Waals surface area contributed by atoms with Gasteiger partial charge in [0.15, 0.2) is 0 Å². The Hall–Kier alpha value is -0.610. The number of rotatable bonds is 6. The van der Waals surface area contributed by atoms with Crippen LogP contribution in [0.4, 0.5) is 35.1 Å². The van der Waals surface area contributed by atoms with Crippen LogP contribution in [0.25, 0.3) is 10.4 Å². The molecule has 0 aromatic rings. The van der Waals surface area contributed by atoms with Gasteiger partial charge in [-0.3, -0.25) is 0 Å². The number of sulfonamides is 1. The van der Waals surface area contributed by atoms with Gasteiger partial charge >= 0.3 is 31.4 Å². The molecule has 16 heteroatoms. The lowest BCUT2D eigenvalue weighted by Crippen LogP contribution is -2.54. The monoisotopic (exact) mass is 449 g/mol. The SMILES string of the molecule is [N-]=[N+]=NS(=O)(=O)C(F)(F)C(F)(F)OC(F)(F)C(F)(F)I. The Balaban J connectivity index is 5.72. The molecule has 0 aromatic heterocycles. The molecule has 20 heavy (non-hydrogen) atoms. The average Bonchev–Trinajstić information content (AvgIpc) is 2.12. The topological polar surface area (TPSA) is 92.1 Å². The summed E-state index contributed by atoms with van der Waals surface area (Å²) in [6, 6.07) is 0. The first-order chi connectivity index (χ1) is 8.52. The highest BCUT2D eigenvalue weighted by atomic mass is 127. The van der Waals surface area contributed by atoms with E-state index in [4.69, 9.17) is 5.53 Å². The minimum atomic E-state index is -6.67. The molecule has 0 aliphatic heterocycles. The van der Waals surface area contributed by atoms with E-state index in [-0.39, 0.29) is 0 Å². The minimum absolute atomic E-state index is 0.393. The van der Waals surface area contributed by atoms with Crippen molar-refractivity contribution in [2.45, 2.75) is 21.4 Å². The van der Waals surface area contributed by atoms with Crippen LogP contribution in [-0.2, 0) is 14.8 Å². The van der Waals surface area contributed by atoms with Gasteiger partial charge in [-0.1, -0.05) is 0 Å². The van der Waals surface area contributed by atoms with Crippen LogP contribution in [0.15, 0.2) is 4.52 Å². The molecular formula is C4F8IN3O3S. The van der Waals surface area contributed by atoms with Crippen LogP contribution in [0.3, 0.4) is 0 Å². The number of hydrogen-bond acceptors (Lipinski definition) is 3. The molecule has 0 aliphatic rings. The van der Waals surface area contributed by atoms with Gasteiger partial charge < -0.3 is 0 Å². The summed E-state index contributed by atoms with van der Waals surface area (Å²) < 4.78 is 119. The summed E-state index contributed by atoms with van der Waals surface area (Å²) >= 11 is -0.393. The maximum atomic E-state index is 12.8. The fourth-order valence-electron chi connectivity index (χ4n) is 0.528. The first-order valence-corrected chi connectivity index (χ1v) is 6.25. The smallest absolute Gasteiger partial charge is 0.244 e. The fourth-order valence-corrected chi connectivity index (χ4v) is 1.18. The van der Waals surface area contributed by atoms with Crippen LogP contribution in [-0.4, -0.2) is 29.8 Å². The summed E-state index contributed by atoms with van der Waals surface area (Å²) in [5.41, 5.74) is 7.58. The predicted molar refractivity (Wildman–Crippen MR) is 53.0 cm³/mol. The van der Waals surface area contributed by atoms with Crippen molar-refractivity contribution in [3.8, 4) is 0 Å². The lowest BCUT2D eigenvalue weighted by molar-refractivity contribution is -0.438. The van der Waals surface area contributed by atoms with Crippen LogP contribution in [0.5, 0.6) is 0 Å². The summed E-state index contributed by atoms with van der Waals surface area (Å²) in [6.45, 7) is 0. The number of alkyl halides is 9. The lowest BCUT2D eigenvalue weighted by atomic mass is 10.6. The van der Waals surface area contributed by atoms with Gasteiger partial charge in [0.1, 0.15) is 0 Å². The van der Waals surface area contributed by atoms with Crippen molar-refractivity contribution in [1.82, 2.24) is 0 Å². The van der Waals surface area contributed by atoms with E-state index >= 15 is 0 Å². The van der Waals surface area contributed by atoms with E-state index < -0.39 is 54.0 Å². The largest absolute Gasteiger partial charge is 0.441 e. The third-order valence-corrected chi connectivity index (χ3v) is 3.19. The highest BCUT2D eigenvalue weighted by molar-refractivity contribution is 14.1. The van der Waals surface area contributed by atoms with Crippen molar-refractivity contribution in [3.63, 3.8) is 0 Å². The number of halogens is 9. The molecule has 0 aliphatic carbocycles. The molecule has 0 amide bonds. The van der Waals surface area contributed by atoms with E-state index in [0.717, 1.165) is 0 Å². The summed E-state index contributed by atoms with van der Waals surface area (Å²) in [4.78, 5) is 1.26. The van der Waals surface area contributed by atoms with E-state index in [9.17, 15) is 43.5 Å². The minimum Gasteiger partial charge on any atom is -0.244 e. The third-order valence-electron chi connectivity index (χ3n) is 1.39. The van der Waals surface area contributed by atoms with Gasteiger partial charge in [-0.05, 0) is 5.53 Å². The zero-order chi connectivity index (χ0) is 16.6. The second-order valence-corrected chi connectivity index (χ2v) is 5.78. The number of azide groups is 1. The van der Waals surface area contributed by atoms with Crippen molar-refractivity contribution in [2.24, 2.45) is 4.52 Å². The maximum Gasteiger partial charge on any atom is 0.441 e. The lowest BCUT2D eigenvalue weighted by Gasteiger charge is -2.29. The molecule has 0 saturated heterocycles. The summed E-state index contributed by atoms with van der Waals surface area (Å²) in [5.74, 6) is 0. The molecule has 0 saturated carbocycles. The molecule has 0 aromatic carbocycles. The van der Waals surface area contributed by atoms with Crippen LogP contribution >= 0.6 is 22.6 Å². The standard InChI is InChI=1S/C4F8IN3O3S/c5-1(6,13)2(7,8)19-3(9,10)4(11,12)20(17,18)16-15-14. The van der Waals surface area contributed by atoms with E-state index in [2.05, 4.69) is 0 Å². The Labute approximate surface area is 117 Å². The maximum absolute atomic E-state index is 12.8. The first-order valence-electron chi connectivity index (χ1n) is 3.73. The Bertz CT molecular complexity index is 524. The second kappa shape index (κ2) is 5.30. The molecule has 0 rings (SSSR count). The van der Waals surface area contributed by atoms with Gasteiger partial charge in [0.25, 0.3) is 0 Å². The number of ether oxygens (including phenoxy) is 1. The van der Waals surface area contributed by atoms with E-state index in [1.807, 2.05) is 4.74 Å². The molecule has 0 unspecified atom stereocenters. The van der Waals surface area contributed by atoms with Crippen molar-refractivity contribution in [1.29, 1.82) is 0 Å². The molecule has 0 bridgehead atoms. The highest BCUT2D eigenvalue weighted by Crippen LogP contribution is 2.49. The molecule has 118 valence electrons. The van der Waals surface area contributed by atoms with Gasteiger partial charge in [0, 0.05) is 32.0 Å². The van der Waals surface area contributed by atoms with Crippen LogP contribution < -0.4 is 0 Å². The van der Waals surface area contributed by atoms with Crippen molar-refractivity contribution >= 4 is 32.6 Å². The van der Waals surface area contributed by atoms with Crippen molar-refractivity contribution < 1.29 is 48.3 Å². The highest BCUT2D eigenvalue weighted by Gasteiger charge is 2.73. The molecule has 0 radical (unpaired) electrons. The van der Waals surface area contributed by atoms with Crippen molar-refractivity contribution in [2.75, 3.05) is 0 Å². The first kappa shape index (κ1) is 19.4. The second-order valence-electron chi connectivity index (χ2n) is 2.80. The van der Waals surface area contributed by atoms with E-state index in [1.165, 1.54) is 9.43 Å². The Kier molecular flexibility index (Phi) is 5.14. The van der Waals surface area contributed by atoms with Gasteiger partial charge in [0.05, 0.1) is 0 Å². The van der Waals surface area contributed by atoms with Crippen molar-refractivity contribution in [3.05, 3.63) is 10.4 Å². The zero-order valence-electron chi connectivity index (χ0n) is 8.38. The quantitative estimate of drug-likeness (QED) is 0.155. The molecule has 0 fully saturated rings. The predicted octanol–water partition coefficient (Wildman–Crippen LogP) is 3.45. The van der Waals surface area contributed by atoms with Gasteiger partial charge in [-0.25, -0.2) is 13.2 Å². The average molecular weight is 449 g/mol. The van der Waals surface area contributed by atoms with E-state index in [0.29, 0.717) is 0 Å². The molecular weight excluding hydrogens is 449 g/mol. The molecule has 6 nitrogen and oxygen atoms in total. The molecule has 0 heterocycles. The normalized spacial score (nSPS) is 14.8.